The molecule has 1 saturated heterocycles. The first-order valence-corrected chi connectivity index (χ1v) is 7.80. The van der Waals surface area contributed by atoms with Gasteiger partial charge in [0, 0.05) is 42.5 Å². The third kappa shape index (κ3) is 3.89. The summed E-state index contributed by atoms with van der Waals surface area (Å²) in [5.41, 5.74) is 0.300. The van der Waals surface area contributed by atoms with E-state index in [0.29, 0.717) is 13.0 Å². The fourth-order valence-corrected chi connectivity index (χ4v) is 2.63. The van der Waals surface area contributed by atoms with Crippen LogP contribution in [0, 0.1) is 5.82 Å². The van der Waals surface area contributed by atoms with Crippen LogP contribution in [0.3, 0.4) is 0 Å². The minimum Gasteiger partial charge on any atom is -0.421 e. The molecule has 1 amide bonds. The number of likely N-dealkylation sites (tertiary alicyclic amines) is 1. The van der Waals surface area contributed by atoms with Crippen LogP contribution in [0.25, 0.3) is 0 Å². The van der Waals surface area contributed by atoms with Crippen LogP contribution in [-0.4, -0.2) is 26.8 Å². The van der Waals surface area contributed by atoms with Crippen molar-refractivity contribution < 1.29 is 22.7 Å². The van der Waals surface area contributed by atoms with E-state index in [2.05, 4.69) is 9.97 Å². The number of halogens is 3. The largest absolute Gasteiger partial charge is 0.421 e. The smallest absolute Gasteiger partial charge is 0.321 e. The Bertz CT molecular complexity index is 768. The van der Waals surface area contributed by atoms with Crippen molar-refractivity contribution in [3.63, 3.8) is 0 Å². The van der Waals surface area contributed by atoms with Gasteiger partial charge in [0.1, 0.15) is 0 Å². The Labute approximate surface area is 142 Å². The lowest BCUT2D eigenvalue weighted by atomic mass is 10.2. The third-order valence-electron chi connectivity index (χ3n) is 4.07. The van der Waals surface area contributed by atoms with Gasteiger partial charge in [-0.05, 0) is 31.5 Å². The van der Waals surface area contributed by atoms with E-state index in [0.717, 1.165) is 30.2 Å². The first kappa shape index (κ1) is 17.2. The van der Waals surface area contributed by atoms with E-state index in [1.54, 1.807) is 4.90 Å². The Morgan fingerprint density at radius 1 is 1.32 bits per heavy atom. The van der Waals surface area contributed by atoms with Crippen molar-refractivity contribution in [3.05, 3.63) is 47.5 Å². The van der Waals surface area contributed by atoms with Crippen molar-refractivity contribution in [1.82, 2.24) is 14.9 Å². The van der Waals surface area contributed by atoms with Gasteiger partial charge in [-0.3, -0.25) is 4.79 Å². The number of hydrogen-bond donors (Lipinski definition) is 0. The van der Waals surface area contributed by atoms with Gasteiger partial charge in [0.2, 0.25) is 5.91 Å². The summed E-state index contributed by atoms with van der Waals surface area (Å²) in [6, 6.07) is 2.98. The molecular weight excluding hydrogens is 335 g/mol. The van der Waals surface area contributed by atoms with E-state index < -0.39 is 17.8 Å². The minimum absolute atomic E-state index is 0.0917. The molecule has 5 nitrogen and oxygen atoms in total. The molecule has 0 N–H and O–H groups in total. The average molecular weight is 351 g/mol. The molecule has 0 saturated carbocycles. The summed E-state index contributed by atoms with van der Waals surface area (Å²) in [5, 5.41) is 0. The molecule has 0 bridgehead atoms. The van der Waals surface area contributed by atoms with E-state index in [4.69, 9.17) is 4.74 Å². The molecule has 1 aliphatic heterocycles. The highest BCUT2D eigenvalue weighted by atomic mass is 19.3. The van der Waals surface area contributed by atoms with E-state index >= 15 is 0 Å². The molecule has 3 rings (SSSR count). The molecule has 132 valence electrons. The SMILES string of the molecule is C[C@H]1CCC(=O)N1Cc1cnc(Oc2ccc(C(F)F)cc2F)nc1. The highest BCUT2D eigenvalue weighted by Crippen LogP contribution is 2.27. The van der Waals surface area contributed by atoms with Gasteiger partial charge in [0.05, 0.1) is 0 Å². The average Bonchev–Trinajstić information content (AvgIpc) is 2.90. The van der Waals surface area contributed by atoms with Crippen molar-refractivity contribution >= 4 is 5.91 Å². The number of hydrogen-bond acceptors (Lipinski definition) is 4. The van der Waals surface area contributed by atoms with Crippen LogP contribution in [0.2, 0.25) is 0 Å². The molecule has 1 aromatic carbocycles. The molecule has 1 atom stereocenters. The maximum absolute atomic E-state index is 13.8. The van der Waals surface area contributed by atoms with Crippen LogP contribution < -0.4 is 4.74 Å². The number of rotatable bonds is 5. The number of ether oxygens (including phenoxy) is 1. The summed E-state index contributed by atoms with van der Waals surface area (Å²) in [6.07, 6.45) is 1.60. The van der Waals surface area contributed by atoms with Crippen molar-refractivity contribution in [3.8, 4) is 11.8 Å². The van der Waals surface area contributed by atoms with Gasteiger partial charge in [-0.15, -0.1) is 0 Å². The maximum Gasteiger partial charge on any atom is 0.321 e. The van der Waals surface area contributed by atoms with E-state index in [9.17, 15) is 18.0 Å². The maximum atomic E-state index is 13.8. The molecular formula is C17H16F3N3O2. The fourth-order valence-electron chi connectivity index (χ4n) is 2.63. The molecule has 1 aliphatic rings. The number of amides is 1. The Kier molecular flexibility index (Phi) is 4.87. The van der Waals surface area contributed by atoms with Crippen LogP contribution in [0.4, 0.5) is 13.2 Å². The zero-order chi connectivity index (χ0) is 18.0. The summed E-state index contributed by atoms with van der Waals surface area (Å²) in [4.78, 5) is 21.5. The van der Waals surface area contributed by atoms with Crippen molar-refractivity contribution in [1.29, 1.82) is 0 Å². The highest BCUT2D eigenvalue weighted by molar-refractivity contribution is 5.78. The van der Waals surface area contributed by atoms with Crippen LogP contribution in [0.1, 0.15) is 37.3 Å². The number of alkyl halides is 2. The Morgan fingerprint density at radius 2 is 2.04 bits per heavy atom. The molecule has 0 unspecified atom stereocenters. The predicted octanol–water partition coefficient (Wildman–Crippen LogP) is 3.86. The second-order valence-corrected chi connectivity index (χ2v) is 5.88. The van der Waals surface area contributed by atoms with Crippen LogP contribution in [0.5, 0.6) is 11.8 Å². The summed E-state index contributed by atoms with van der Waals surface area (Å²) in [5.74, 6) is -1.06. The van der Waals surface area contributed by atoms with Gasteiger partial charge in [-0.1, -0.05) is 0 Å². The molecule has 25 heavy (non-hydrogen) atoms. The number of carbonyl (C=O) groups excluding carboxylic acids is 1. The standard InChI is InChI=1S/C17H16F3N3O2/c1-10-2-5-15(24)23(10)9-11-7-21-17(22-8-11)25-14-4-3-12(16(19)20)6-13(14)18/h3-4,6-8,10,16H,2,5,9H2,1H3/t10-/m0/s1. The molecule has 2 aromatic rings. The van der Waals surface area contributed by atoms with E-state index in [1.807, 2.05) is 6.92 Å². The minimum atomic E-state index is -2.75. The van der Waals surface area contributed by atoms with Crippen molar-refractivity contribution in [2.24, 2.45) is 0 Å². The summed E-state index contributed by atoms with van der Waals surface area (Å²) < 4.78 is 44.0. The lowest BCUT2D eigenvalue weighted by Crippen LogP contribution is -2.30. The second kappa shape index (κ2) is 7.08. The second-order valence-electron chi connectivity index (χ2n) is 5.88. The van der Waals surface area contributed by atoms with Gasteiger partial charge >= 0.3 is 6.01 Å². The molecule has 2 heterocycles. The molecule has 0 radical (unpaired) electrons. The van der Waals surface area contributed by atoms with E-state index in [-0.39, 0.29) is 23.7 Å². The van der Waals surface area contributed by atoms with Gasteiger partial charge in [0.15, 0.2) is 11.6 Å². The van der Waals surface area contributed by atoms with Gasteiger partial charge < -0.3 is 9.64 Å². The summed E-state index contributed by atoms with van der Waals surface area (Å²) in [7, 11) is 0. The topological polar surface area (TPSA) is 55.3 Å². The Balaban J connectivity index is 1.68. The molecule has 8 heteroatoms. The number of carbonyl (C=O) groups is 1. The van der Waals surface area contributed by atoms with Crippen LogP contribution >= 0.6 is 0 Å². The normalized spacial score (nSPS) is 17.4. The van der Waals surface area contributed by atoms with Crippen molar-refractivity contribution in [2.75, 3.05) is 0 Å². The molecule has 1 aromatic heterocycles. The predicted molar refractivity (Wildman–Crippen MR) is 82.7 cm³/mol. The van der Waals surface area contributed by atoms with Gasteiger partial charge in [0.25, 0.3) is 6.43 Å². The zero-order valence-electron chi connectivity index (χ0n) is 13.5. The summed E-state index contributed by atoms with van der Waals surface area (Å²) in [6.45, 7) is 2.38. The molecule has 0 aliphatic carbocycles. The van der Waals surface area contributed by atoms with Crippen molar-refractivity contribution in [2.45, 2.75) is 38.8 Å². The Hall–Kier alpha value is -2.64. The first-order valence-electron chi connectivity index (χ1n) is 7.80. The Morgan fingerprint density at radius 3 is 2.60 bits per heavy atom. The van der Waals surface area contributed by atoms with Crippen LogP contribution in [-0.2, 0) is 11.3 Å². The lowest BCUT2D eigenvalue weighted by molar-refractivity contribution is -0.129. The molecule has 0 spiro atoms. The van der Waals surface area contributed by atoms with Gasteiger partial charge in [-0.2, -0.15) is 0 Å². The highest BCUT2D eigenvalue weighted by Gasteiger charge is 2.27. The van der Waals surface area contributed by atoms with E-state index in [1.165, 1.54) is 12.4 Å². The molecule has 1 fully saturated rings. The number of aromatic nitrogens is 2. The van der Waals surface area contributed by atoms with Gasteiger partial charge in [-0.25, -0.2) is 23.1 Å². The zero-order valence-corrected chi connectivity index (χ0v) is 13.5. The number of nitrogens with zero attached hydrogens (tertiary/aromatic N) is 3. The van der Waals surface area contributed by atoms with Crippen LogP contribution in [0.15, 0.2) is 30.6 Å². The fraction of sp³-hybridized carbons (Fsp3) is 0.353. The lowest BCUT2D eigenvalue weighted by Gasteiger charge is -2.21. The quantitative estimate of drug-likeness (QED) is 0.821. The number of benzene rings is 1. The first-order chi connectivity index (χ1) is 11.9. The summed E-state index contributed by atoms with van der Waals surface area (Å²) >= 11 is 0. The monoisotopic (exact) mass is 351 g/mol. The third-order valence-corrected chi connectivity index (χ3v) is 4.07.